The maximum atomic E-state index is 4.90. The molecule has 1 fully saturated rings. The quantitative estimate of drug-likeness (QED) is 0.514. The molecule has 0 spiro atoms. The van der Waals surface area contributed by atoms with E-state index in [9.17, 15) is 0 Å². The monoisotopic (exact) mass is 145 g/mol. The molecule has 0 aliphatic carbocycles. The van der Waals surface area contributed by atoms with Gasteiger partial charge in [0.25, 0.3) is 0 Å². The van der Waals surface area contributed by atoms with Gasteiger partial charge in [-0.3, -0.25) is 0 Å². The molecule has 3 heteroatoms. The largest absolute Gasteiger partial charge is 0.453 e. The van der Waals surface area contributed by atoms with Crippen molar-refractivity contribution in [3.63, 3.8) is 0 Å². The molecule has 0 bridgehead atoms. The van der Waals surface area contributed by atoms with Crippen molar-refractivity contribution in [2.24, 2.45) is 0 Å². The molecule has 0 atom stereocenters. The molecule has 1 aliphatic heterocycles. The molecule has 10 heavy (non-hydrogen) atoms. The maximum Gasteiger partial charge on any atom is 0.192 e. The fourth-order valence-corrected chi connectivity index (χ4v) is 0.466. The van der Waals surface area contributed by atoms with E-state index < -0.39 is 0 Å². The fraction of sp³-hybridized carbons (Fsp3) is 0.714. The van der Waals surface area contributed by atoms with Crippen LogP contribution in [0, 0.1) is 0 Å². The molecule has 1 aliphatic rings. The molecular formula is C7H15NO2. The van der Waals surface area contributed by atoms with E-state index in [1.54, 1.807) is 4.90 Å². The van der Waals surface area contributed by atoms with Crippen molar-refractivity contribution in [2.75, 3.05) is 20.6 Å². The predicted molar refractivity (Wildman–Crippen MR) is 40.2 cm³/mol. The van der Waals surface area contributed by atoms with Crippen LogP contribution in [0.25, 0.3) is 0 Å². The third kappa shape index (κ3) is 2.73. The Balaban J connectivity index is 0.000000371. The third-order valence-electron chi connectivity index (χ3n) is 1.02. The molecule has 1 heterocycles. The van der Waals surface area contributed by atoms with Crippen LogP contribution < -0.4 is 0 Å². The van der Waals surface area contributed by atoms with Gasteiger partial charge in [-0.2, -0.15) is 0 Å². The summed E-state index contributed by atoms with van der Waals surface area (Å²) >= 11 is 0. The van der Waals surface area contributed by atoms with E-state index in [0.29, 0.717) is 19.4 Å². The van der Waals surface area contributed by atoms with Crippen LogP contribution in [0.3, 0.4) is 0 Å². The Morgan fingerprint density at radius 2 is 2.10 bits per heavy atom. The first-order valence-corrected chi connectivity index (χ1v) is 3.41. The first-order chi connectivity index (χ1) is 4.80. The summed E-state index contributed by atoms with van der Waals surface area (Å²) in [5.74, 6) is 0.677. The van der Waals surface area contributed by atoms with Crippen LogP contribution in [-0.4, -0.2) is 25.5 Å². The summed E-state index contributed by atoms with van der Waals surface area (Å²) in [7, 11) is 1.86. The van der Waals surface area contributed by atoms with Gasteiger partial charge in [-0.05, 0) is 6.58 Å². The Kier molecular flexibility index (Phi) is 4.76. The second kappa shape index (κ2) is 5.11. The summed E-state index contributed by atoms with van der Waals surface area (Å²) in [6.45, 7) is 8.54. The second-order valence-electron chi connectivity index (χ2n) is 1.69. The highest BCUT2D eigenvalue weighted by Crippen LogP contribution is 2.05. The standard InChI is InChI=1S/C5H9NO2.C2H6/c1-5-6(2)3-7-4-8-5;1-2/h1,3-4H2,2H3;1-2H3. The van der Waals surface area contributed by atoms with Crippen LogP contribution in [-0.2, 0) is 9.47 Å². The molecule has 0 aromatic heterocycles. The fourth-order valence-electron chi connectivity index (χ4n) is 0.466. The molecule has 60 valence electrons. The molecule has 0 aromatic carbocycles. The number of nitrogens with zero attached hydrogens (tertiary/aromatic N) is 1. The molecule has 0 saturated carbocycles. The molecule has 0 unspecified atom stereocenters. The van der Waals surface area contributed by atoms with Gasteiger partial charge in [0, 0.05) is 7.05 Å². The first-order valence-electron chi connectivity index (χ1n) is 3.41. The van der Waals surface area contributed by atoms with E-state index in [1.807, 2.05) is 20.9 Å². The highest BCUT2D eigenvalue weighted by atomic mass is 16.7. The van der Waals surface area contributed by atoms with Crippen molar-refractivity contribution in [3.8, 4) is 0 Å². The van der Waals surface area contributed by atoms with Crippen molar-refractivity contribution in [2.45, 2.75) is 13.8 Å². The maximum absolute atomic E-state index is 4.90. The summed E-state index contributed by atoms with van der Waals surface area (Å²) in [5, 5.41) is 0. The van der Waals surface area contributed by atoms with Crippen LogP contribution in [0.2, 0.25) is 0 Å². The average Bonchev–Trinajstić information content (AvgIpc) is 2.00. The predicted octanol–water partition coefficient (Wildman–Crippen LogP) is 1.38. The highest BCUT2D eigenvalue weighted by molar-refractivity contribution is 4.79. The van der Waals surface area contributed by atoms with Gasteiger partial charge < -0.3 is 14.4 Å². The molecule has 0 radical (unpaired) electrons. The van der Waals surface area contributed by atoms with Crippen LogP contribution in [0.1, 0.15) is 13.8 Å². The lowest BCUT2D eigenvalue weighted by molar-refractivity contribution is -0.129. The Morgan fingerprint density at radius 1 is 1.50 bits per heavy atom. The molecule has 1 rings (SSSR count). The lowest BCUT2D eigenvalue weighted by Gasteiger charge is -2.26. The zero-order chi connectivity index (χ0) is 7.98. The van der Waals surface area contributed by atoms with E-state index >= 15 is 0 Å². The van der Waals surface area contributed by atoms with Gasteiger partial charge in [-0.1, -0.05) is 13.8 Å². The summed E-state index contributed by atoms with van der Waals surface area (Å²) in [6, 6.07) is 0. The van der Waals surface area contributed by atoms with Gasteiger partial charge >= 0.3 is 0 Å². The molecule has 1 saturated heterocycles. The number of rotatable bonds is 0. The normalized spacial score (nSPS) is 17.1. The second-order valence-corrected chi connectivity index (χ2v) is 1.69. The molecule has 0 aromatic rings. The summed E-state index contributed by atoms with van der Waals surface area (Å²) in [6.07, 6.45) is 0. The van der Waals surface area contributed by atoms with E-state index in [2.05, 4.69) is 6.58 Å². The Hall–Kier alpha value is -0.700. The van der Waals surface area contributed by atoms with Gasteiger partial charge in [0.2, 0.25) is 0 Å². The summed E-state index contributed by atoms with van der Waals surface area (Å²) in [5.41, 5.74) is 0. The van der Waals surface area contributed by atoms with Gasteiger partial charge in [0.05, 0.1) is 0 Å². The zero-order valence-corrected chi connectivity index (χ0v) is 6.89. The number of ether oxygens (including phenoxy) is 2. The third-order valence-corrected chi connectivity index (χ3v) is 1.02. The van der Waals surface area contributed by atoms with E-state index in [0.717, 1.165) is 0 Å². The van der Waals surface area contributed by atoms with E-state index in [1.165, 1.54) is 0 Å². The minimum Gasteiger partial charge on any atom is -0.453 e. The molecule has 0 amide bonds. The van der Waals surface area contributed by atoms with Gasteiger partial charge in [-0.15, -0.1) is 0 Å². The minimum atomic E-state index is 0.336. The minimum absolute atomic E-state index is 0.336. The Labute approximate surface area is 62.2 Å². The van der Waals surface area contributed by atoms with Crippen molar-refractivity contribution >= 4 is 0 Å². The van der Waals surface area contributed by atoms with E-state index in [4.69, 9.17) is 9.47 Å². The first kappa shape index (κ1) is 9.30. The number of hydrogen-bond donors (Lipinski definition) is 0. The number of hydrogen-bond acceptors (Lipinski definition) is 3. The van der Waals surface area contributed by atoms with Crippen LogP contribution in [0.4, 0.5) is 0 Å². The van der Waals surface area contributed by atoms with Gasteiger partial charge in [-0.25, -0.2) is 0 Å². The Morgan fingerprint density at radius 3 is 2.40 bits per heavy atom. The smallest absolute Gasteiger partial charge is 0.192 e. The van der Waals surface area contributed by atoms with Crippen molar-refractivity contribution < 1.29 is 9.47 Å². The molecule has 0 N–H and O–H groups in total. The van der Waals surface area contributed by atoms with Crippen LogP contribution >= 0.6 is 0 Å². The zero-order valence-electron chi connectivity index (χ0n) is 6.89. The Bertz CT molecular complexity index is 104. The lowest BCUT2D eigenvalue weighted by atomic mass is 10.7. The summed E-state index contributed by atoms with van der Waals surface area (Å²) < 4.78 is 9.79. The molecular weight excluding hydrogens is 130 g/mol. The van der Waals surface area contributed by atoms with Crippen molar-refractivity contribution in [1.82, 2.24) is 4.90 Å². The van der Waals surface area contributed by atoms with Crippen LogP contribution in [0.5, 0.6) is 0 Å². The summed E-state index contributed by atoms with van der Waals surface area (Å²) in [4.78, 5) is 1.80. The van der Waals surface area contributed by atoms with Gasteiger partial charge in [0.15, 0.2) is 12.7 Å². The van der Waals surface area contributed by atoms with Crippen LogP contribution in [0.15, 0.2) is 12.5 Å². The van der Waals surface area contributed by atoms with Crippen molar-refractivity contribution in [3.05, 3.63) is 12.5 Å². The van der Waals surface area contributed by atoms with E-state index in [-0.39, 0.29) is 0 Å². The van der Waals surface area contributed by atoms with Gasteiger partial charge in [0.1, 0.15) is 6.73 Å². The topological polar surface area (TPSA) is 21.7 Å². The molecule has 3 nitrogen and oxygen atoms in total. The average molecular weight is 145 g/mol. The highest BCUT2D eigenvalue weighted by Gasteiger charge is 2.07. The van der Waals surface area contributed by atoms with Crippen molar-refractivity contribution in [1.29, 1.82) is 0 Å². The lowest BCUT2D eigenvalue weighted by Crippen LogP contribution is -2.28. The SMILES string of the molecule is C=C1OCOCN1C.CC.